The molecule has 56 heavy (non-hydrogen) atoms. The topological polar surface area (TPSA) is 89.8 Å². The van der Waals surface area contributed by atoms with Gasteiger partial charge in [-0.25, -0.2) is 0 Å². The van der Waals surface area contributed by atoms with Crippen molar-refractivity contribution in [3.8, 4) is 0 Å². The standard InChI is InChI=1S/C51H101NO4/c1-3-5-7-9-11-13-15-17-19-21-23-24-25-26-28-29-31-33-35-37-39-41-43-45-49(54)51(56)48(47-53)52-50(55)46-44-42-40-38-36-34-32-30-27-22-20-18-16-14-12-10-8-6-4-2/h22,27,48-49,51,53-54,56H,3-21,23-26,28-47H2,1-2H3,(H,52,55)/b27-22-. The van der Waals surface area contributed by atoms with Crippen LogP contribution in [0.25, 0.3) is 0 Å². The van der Waals surface area contributed by atoms with Crippen LogP contribution >= 0.6 is 0 Å². The van der Waals surface area contributed by atoms with Gasteiger partial charge in [-0.05, 0) is 38.5 Å². The third kappa shape index (κ3) is 41.3. The van der Waals surface area contributed by atoms with Gasteiger partial charge in [0.25, 0.3) is 0 Å². The summed E-state index contributed by atoms with van der Waals surface area (Å²) in [6, 6.07) is -0.809. The zero-order valence-corrected chi connectivity index (χ0v) is 38.0. The minimum Gasteiger partial charge on any atom is -0.394 e. The summed E-state index contributed by atoms with van der Waals surface area (Å²) in [5.41, 5.74) is 0. The molecule has 0 aromatic carbocycles. The molecule has 0 rings (SSSR count). The number of amides is 1. The fourth-order valence-electron chi connectivity index (χ4n) is 8.16. The van der Waals surface area contributed by atoms with Crippen molar-refractivity contribution in [1.82, 2.24) is 5.32 Å². The molecule has 0 saturated heterocycles. The van der Waals surface area contributed by atoms with Gasteiger partial charge >= 0.3 is 0 Å². The molecule has 0 aliphatic carbocycles. The Morgan fingerprint density at radius 3 is 1.04 bits per heavy atom. The SMILES string of the molecule is CCCCCCCCCC/C=C\CCCCCCCCCC(=O)NC(CO)C(O)C(O)CCCCCCCCCCCCCCCCCCCCCCCCC. The maximum Gasteiger partial charge on any atom is 0.220 e. The minimum absolute atomic E-state index is 0.145. The quantitative estimate of drug-likeness (QED) is 0.0365. The average Bonchev–Trinajstić information content (AvgIpc) is 3.20. The summed E-state index contributed by atoms with van der Waals surface area (Å²) in [7, 11) is 0. The Hall–Kier alpha value is -0.910. The Labute approximate surface area is 350 Å². The second-order valence-electron chi connectivity index (χ2n) is 17.7. The van der Waals surface area contributed by atoms with Crippen LogP contribution in [0, 0.1) is 0 Å². The van der Waals surface area contributed by atoms with Crippen LogP contribution in [-0.2, 0) is 4.79 Å². The second-order valence-corrected chi connectivity index (χ2v) is 17.7. The monoisotopic (exact) mass is 792 g/mol. The molecule has 0 bridgehead atoms. The van der Waals surface area contributed by atoms with Crippen molar-refractivity contribution in [3.05, 3.63) is 12.2 Å². The van der Waals surface area contributed by atoms with E-state index in [1.165, 1.54) is 225 Å². The largest absolute Gasteiger partial charge is 0.394 e. The van der Waals surface area contributed by atoms with Crippen molar-refractivity contribution >= 4 is 5.91 Å². The number of allylic oxidation sites excluding steroid dienone is 2. The maximum absolute atomic E-state index is 12.5. The first kappa shape index (κ1) is 55.1. The molecule has 0 aromatic heterocycles. The van der Waals surface area contributed by atoms with Crippen LogP contribution in [0.3, 0.4) is 0 Å². The number of rotatable bonds is 47. The summed E-state index contributed by atoms with van der Waals surface area (Å²) in [5.74, 6) is -0.145. The lowest BCUT2D eigenvalue weighted by Gasteiger charge is -2.26. The van der Waals surface area contributed by atoms with Crippen molar-refractivity contribution in [2.24, 2.45) is 0 Å². The third-order valence-corrected chi connectivity index (χ3v) is 12.1. The molecule has 5 nitrogen and oxygen atoms in total. The molecular formula is C51H101NO4. The van der Waals surface area contributed by atoms with Crippen molar-refractivity contribution in [1.29, 1.82) is 0 Å². The normalized spacial score (nSPS) is 13.4. The van der Waals surface area contributed by atoms with E-state index in [0.29, 0.717) is 12.8 Å². The Kier molecular flexibility index (Phi) is 46.0. The number of aliphatic hydroxyl groups excluding tert-OH is 3. The Morgan fingerprint density at radius 2 is 0.714 bits per heavy atom. The molecule has 334 valence electrons. The van der Waals surface area contributed by atoms with E-state index in [0.717, 1.165) is 32.1 Å². The van der Waals surface area contributed by atoms with Gasteiger partial charge in [-0.15, -0.1) is 0 Å². The van der Waals surface area contributed by atoms with Crippen LogP contribution in [0.5, 0.6) is 0 Å². The smallest absolute Gasteiger partial charge is 0.220 e. The molecule has 4 N–H and O–H groups in total. The summed E-state index contributed by atoms with van der Waals surface area (Å²) in [4.78, 5) is 12.5. The number of hydrogen-bond donors (Lipinski definition) is 4. The first-order valence-corrected chi connectivity index (χ1v) is 25.5. The first-order chi connectivity index (χ1) is 27.6. The highest BCUT2D eigenvalue weighted by Crippen LogP contribution is 2.17. The van der Waals surface area contributed by atoms with Gasteiger partial charge in [-0.1, -0.05) is 251 Å². The van der Waals surface area contributed by atoms with Gasteiger partial charge < -0.3 is 20.6 Å². The predicted octanol–water partition coefficient (Wildman–Crippen LogP) is 15.2. The van der Waals surface area contributed by atoms with Gasteiger partial charge in [0.2, 0.25) is 5.91 Å². The van der Waals surface area contributed by atoms with Crippen LogP contribution in [0.15, 0.2) is 12.2 Å². The number of carbonyl (C=O) groups is 1. The molecule has 0 aliphatic rings. The van der Waals surface area contributed by atoms with Gasteiger partial charge in [-0.3, -0.25) is 4.79 Å². The average molecular weight is 792 g/mol. The second kappa shape index (κ2) is 46.8. The summed E-state index contributed by atoms with van der Waals surface area (Å²) in [6.45, 7) is 4.21. The van der Waals surface area contributed by atoms with E-state index in [-0.39, 0.29) is 12.5 Å². The van der Waals surface area contributed by atoms with Crippen LogP contribution < -0.4 is 5.32 Å². The Bertz CT molecular complexity index is 788. The molecule has 0 heterocycles. The first-order valence-electron chi connectivity index (χ1n) is 25.5. The van der Waals surface area contributed by atoms with Crippen molar-refractivity contribution in [2.75, 3.05) is 6.61 Å². The van der Waals surface area contributed by atoms with Crippen LogP contribution in [0.2, 0.25) is 0 Å². The lowest BCUT2D eigenvalue weighted by Crippen LogP contribution is -2.50. The van der Waals surface area contributed by atoms with E-state index in [2.05, 4.69) is 31.3 Å². The van der Waals surface area contributed by atoms with Gasteiger partial charge in [0.15, 0.2) is 0 Å². The molecule has 0 saturated carbocycles. The Balaban J connectivity index is 3.55. The predicted molar refractivity (Wildman–Crippen MR) is 245 cm³/mol. The summed E-state index contributed by atoms with van der Waals surface area (Å²) >= 11 is 0. The van der Waals surface area contributed by atoms with E-state index in [4.69, 9.17) is 0 Å². The molecule has 0 radical (unpaired) electrons. The highest BCUT2D eigenvalue weighted by atomic mass is 16.3. The summed E-state index contributed by atoms with van der Waals surface area (Å²) in [5, 5.41) is 33.7. The van der Waals surface area contributed by atoms with E-state index in [1.54, 1.807) is 0 Å². The number of aliphatic hydroxyl groups is 3. The fourth-order valence-corrected chi connectivity index (χ4v) is 8.16. The molecule has 0 spiro atoms. The summed E-state index contributed by atoms with van der Waals surface area (Å²) in [6.07, 6.45) is 56.2. The van der Waals surface area contributed by atoms with E-state index < -0.39 is 18.2 Å². The highest BCUT2D eigenvalue weighted by molar-refractivity contribution is 5.76. The zero-order chi connectivity index (χ0) is 40.8. The van der Waals surface area contributed by atoms with Gasteiger partial charge in [0.05, 0.1) is 18.8 Å². The van der Waals surface area contributed by atoms with Crippen LogP contribution in [0.1, 0.15) is 284 Å². The molecule has 0 aromatic rings. The Morgan fingerprint density at radius 1 is 0.429 bits per heavy atom. The molecule has 0 aliphatic heterocycles. The minimum atomic E-state index is -1.14. The van der Waals surface area contributed by atoms with Crippen LogP contribution in [0.4, 0.5) is 0 Å². The molecule has 3 unspecified atom stereocenters. The maximum atomic E-state index is 12.5. The van der Waals surface area contributed by atoms with Gasteiger partial charge in [-0.2, -0.15) is 0 Å². The van der Waals surface area contributed by atoms with Gasteiger partial charge in [0, 0.05) is 6.42 Å². The van der Waals surface area contributed by atoms with Crippen molar-refractivity contribution < 1.29 is 20.1 Å². The molecular weight excluding hydrogens is 691 g/mol. The molecule has 1 amide bonds. The lowest BCUT2D eigenvalue weighted by molar-refractivity contribution is -0.124. The van der Waals surface area contributed by atoms with E-state index >= 15 is 0 Å². The molecule has 0 fully saturated rings. The zero-order valence-electron chi connectivity index (χ0n) is 38.0. The van der Waals surface area contributed by atoms with E-state index in [1.807, 2.05) is 0 Å². The summed E-state index contributed by atoms with van der Waals surface area (Å²) < 4.78 is 0. The number of carbonyl (C=O) groups excluding carboxylic acids is 1. The third-order valence-electron chi connectivity index (χ3n) is 12.1. The molecule has 3 atom stereocenters. The van der Waals surface area contributed by atoms with Crippen molar-refractivity contribution in [2.45, 2.75) is 302 Å². The van der Waals surface area contributed by atoms with E-state index in [9.17, 15) is 20.1 Å². The lowest BCUT2D eigenvalue weighted by atomic mass is 9.99. The number of hydrogen-bond acceptors (Lipinski definition) is 4. The fraction of sp³-hybridized carbons (Fsp3) is 0.941. The van der Waals surface area contributed by atoms with Gasteiger partial charge in [0.1, 0.15) is 6.10 Å². The van der Waals surface area contributed by atoms with Crippen LogP contribution in [-0.4, -0.2) is 46.1 Å². The highest BCUT2D eigenvalue weighted by Gasteiger charge is 2.26. The number of nitrogens with one attached hydrogen (secondary N) is 1. The molecule has 5 heteroatoms. The number of unbranched alkanes of at least 4 members (excludes halogenated alkanes) is 37. The van der Waals surface area contributed by atoms with Crippen molar-refractivity contribution in [3.63, 3.8) is 0 Å².